The van der Waals surface area contributed by atoms with Crippen LogP contribution in [0, 0.1) is 13.8 Å². The van der Waals surface area contributed by atoms with E-state index in [2.05, 4.69) is 39.3 Å². The van der Waals surface area contributed by atoms with Crippen molar-refractivity contribution in [3.8, 4) is 0 Å². The van der Waals surface area contributed by atoms with Gasteiger partial charge in [-0.3, -0.25) is 9.78 Å². The van der Waals surface area contributed by atoms with Crippen LogP contribution in [0.25, 0.3) is 10.9 Å². The van der Waals surface area contributed by atoms with Crippen LogP contribution in [0.1, 0.15) is 59.4 Å². The number of aryl methyl sites for hydroxylation is 3. The second-order valence-corrected chi connectivity index (χ2v) is 6.40. The number of benzene rings is 1. The third-order valence-electron chi connectivity index (χ3n) is 4.42. The maximum Gasteiger partial charge on any atom is 0.252 e. The number of carbonyl (C=O) groups excluding carboxylic acids is 1. The number of imidazole rings is 1. The van der Waals surface area contributed by atoms with E-state index >= 15 is 0 Å². The Balaban J connectivity index is 1.98. The first-order valence-electron chi connectivity index (χ1n) is 8.74. The highest BCUT2D eigenvalue weighted by molar-refractivity contribution is 6.06. The Hall–Kier alpha value is -2.69. The van der Waals surface area contributed by atoms with Crippen molar-refractivity contribution in [1.82, 2.24) is 20.3 Å². The van der Waals surface area contributed by atoms with Crippen LogP contribution in [-0.2, 0) is 6.42 Å². The lowest BCUT2D eigenvalue weighted by Crippen LogP contribution is -2.29. The molecule has 3 aromatic rings. The number of hydrogen-bond acceptors (Lipinski definition) is 3. The summed E-state index contributed by atoms with van der Waals surface area (Å²) in [5.41, 5.74) is 4.54. The molecule has 2 heterocycles. The maximum absolute atomic E-state index is 13.0. The Morgan fingerprint density at radius 1 is 1.24 bits per heavy atom. The zero-order chi connectivity index (χ0) is 18.0. The third kappa shape index (κ3) is 3.55. The molecule has 1 aromatic carbocycles. The molecule has 0 saturated carbocycles. The number of carbonyl (C=O) groups is 1. The van der Waals surface area contributed by atoms with Crippen LogP contribution < -0.4 is 5.32 Å². The van der Waals surface area contributed by atoms with Crippen LogP contribution in [0.5, 0.6) is 0 Å². The summed E-state index contributed by atoms with van der Waals surface area (Å²) in [6.07, 6.45) is 3.47. The number of nitrogens with zero attached hydrogens (tertiary/aromatic N) is 2. The van der Waals surface area contributed by atoms with Gasteiger partial charge in [-0.2, -0.15) is 0 Å². The molecule has 2 aromatic heterocycles. The number of hydrogen-bond donors (Lipinski definition) is 2. The number of nitrogens with one attached hydrogen (secondary N) is 2. The molecule has 0 spiro atoms. The Bertz CT molecular complexity index is 913. The van der Waals surface area contributed by atoms with E-state index < -0.39 is 0 Å². The largest absolute Gasteiger partial charge is 0.344 e. The number of aromatic amines is 1. The molecule has 5 nitrogen and oxygen atoms in total. The summed E-state index contributed by atoms with van der Waals surface area (Å²) in [4.78, 5) is 25.1. The molecule has 0 saturated heterocycles. The predicted molar refractivity (Wildman–Crippen MR) is 99.7 cm³/mol. The number of rotatable bonds is 5. The van der Waals surface area contributed by atoms with Crippen molar-refractivity contribution in [2.75, 3.05) is 0 Å². The van der Waals surface area contributed by atoms with E-state index in [9.17, 15) is 4.79 Å². The van der Waals surface area contributed by atoms with Crippen LogP contribution >= 0.6 is 0 Å². The SMILES string of the molecule is CCc1ccc2nc(C)cc(C(=O)NC(CC)c3ncc(C)[nH]3)c2c1. The van der Waals surface area contributed by atoms with Gasteiger partial charge in [0.1, 0.15) is 5.82 Å². The fourth-order valence-electron chi connectivity index (χ4n) is 3.02. The lowest BCUT2D eigenvalue weighted by atomic mass is 10.0. The summed E-state index contributed by atoms with van der Waals surface area (Å²) in [7, 11) is 0. The fourth-order valence-corrected chi connectivity index (χ4v) is 3.02. The molecule has 25 heavy (non-hydrogen) atoms. The average Bonchev–Trinajstić information content (AvgIpc) is 3.04. The molecular formula is C20H24N4O. The summed E-state index contributed by atoms with van der Waals surface area (Å²) in [6.45, 7) is 8.01. The predicted octanol–water partition coefficient (Wildman–Crippen LogP) is 4.02. The van der Waals surface area contributed by atoms with E-state index in [4.69, 9.17) is 0 Å². The second-order valence-electron chi connectivity index (χ2n) is 6.40. The number of amides is 1. The number of H-pyrrole nitrogens is 1. The highest BCUT2D eigenvalue weighted by Gasteiger charge is 2.19. The van der Waals surface area contributed by atoms with Gasteiger partial charge in [-0.1, -0.05) is 19.9 Å². The molecule has 0 aliphatic rings. The van der Waals surface area contributed by atoms with Crippen LogP contribution in [0.15, 0.2) is 30.5 Å². The summed E-state index contributed by atoms with van der Waals surface area (Å²) < 4.78 is 0. The van der Waals surface area contributed by atoms with Gasteiger partial charge < -0.3 is 10.3 Å². The van der Waals surface area contributed by atoms with Crippen molar-refractivity contribution >= 4 is 16.8 Å². The summed E-state index contributed by atoms with van der Waals surface area (Å²) in [6, 6.07) is 7.84. The Morgan fingerprint density at radius 2 is 2.04 bits per heavy atom. The lowest BCUT2D eigenvalue weighted by Gasteiger charge is -2.16. The molecule has 2 N–H and O–H groups in total. The number of pyridine rings is 1. The van der Waals surface area contributed by atoms with Gasteiger partial charge in [0.15, 0.2) is 0 Å². The molecule has 5 heteroatoms. The monoisotopic (exact) mass is 336 g/mol. The lowest BCUT2D eigenvalue weighted by molar-refractivity contribution is 0.0935. The normalized spacial score (nSPS) is 12.3. The van der Waals surface area contributed by atoms with E-state index in [0.717, 1.165) is 41.0 Å². The smallest absolute Gasteiger partial charge is 0.252 e. The molecule has 0 aliphatic heterocycles. The average molecular weight is 336 g/mol. The third-order valence-corrected chi connectivity index (χ3v) is 4.42. The molecular weight excluding hydrogens is 312 g/mol. The Labute approximate surface area is 147 Å². The standard InChI is InChI=1S/C20H24N4O/c1-5-14-7-8-18-15(10-14)16(9-12(3)22-18)20(25)24-17(6-2)19-21-11-13(4)23-19/h7-11,17H,5-6H2,1-4H3,(H,21,23)(H,24,25). The number of aromatic nitrogens is 3. The second kappa shape index (κ2) is 7.05. The molecule has 0 fully saturated rings. The minimum Gasteiger partial charge on any atom is -0.344 e. The van der Waals surface area contributed by atoms with Crippen LogP contribution in [0.3, 0.4) is 0 Å². The Kier molecular flexibility index (Phi) is 4.83. The molecule has 0 bridgehead atoms. The minimum atomic E-state index is -0.140. The molecule has 0 aliphatic carbocycles. The van der Waals surface area contributed by atoms with Crippen LogP contribution in [0.2, 0.25) is 0 Å². The molecule has 1 atom stereocenters. The van der Waals surface area contributed by atoms with Gasteiger partial charge in [-0.15, -0.1) is 0 Å². The van der Waals surface area contributed by atoms with Crippen molar-refractivity contribution in [2.24, 2.45) is 0 Å². The summed E-state index contributed by atoms with van der Waals surface area (Å²) in [5, 5.41) is 4.01. The van der Waals surface area contributed by atoms with E-state index in [-0.39, 0.29) is 11.9 Å². The van der Waals surface area contributed by atoms with E-state index in [0.29, 0.717) is 5.56 Å². The van der Waals surface area contributed by atoms with Crippen molar-refractivity contribution in [3.63, 3.8) is 0 Å². The van der Waals surface area contributed by atoms with Gasteiger partial charge in [0.25, 0.3) is 5.91 Å². The highest BCUT2D eigenvalue weighted by atomic mass is 16.1. The van der Waals surface area contributed by atoms with E-state index in [1.54, 1.807) is 6.20 Å². The zero-order valence-corrected chi connectivity index (χ0v) is 15.2. The van der Waals surface area contributed by atoms with Gasteiger partial charge >= 0.3 is 0 Å². The number of fused-ring (bicyclic) bond motifs is 1. The van der Waals surface area contributed by atoms with E-state index in [1.807, 2.05) is 32.9 Å². The Morgan fingerprint density at radius 3 is 2.68 bits per heavy atom. The quantitative estimate of drug-likeness (QED) is 0.739. The topological polar surface area (TPSA) is 70.7 Å². The minimum absolute atomic E-state index is 0.0929. The van der Waals surface area contributed by atoms with Crippen LogP contribution in [0.4, 0.5) is 0 Å². The van der Waals surface area contributed by atoms with Gasteiger partial charge in [0.05, 0.1) is 17.1 Å². The first-order valence-corrected chi connectivity index (χ1v) is 8.74. The molecule has 3 rings (SSSR count). The van der Waals surface area contributed by atoms with Crippen LogP contribution in [-0.4, -0.2) is 20.9 Å². The van der Waals surface area contributed by atoms with Crippen molar-refractivity contribution < 1.29 is 4.79 Å². The van der Waals surface area contributed by atoms with E-state index in [1.165, 1.54) is 5.56 Å². The molecule has 1 amide bonds. The molecule has 130 valence electrons. The van der Waals surface area contributed by atoms with Crippen molar-refractivity contribution in [1.29, 1.82) is 0 Å². The van der Waals surface area contributed by atoms with Gasteiger partial charge in [0, 0.05) is 23.0 Å². The maximum atomic E-state index is 13.0. The van der Waals surface area contributed by atoms with Crippen molar-refractivity contribution in [2.45, 2.75) is 46.6 Å². The van der Waals surface area contributed by atoms with Gasteiger partial charge in [0.2, 0.25) is 0 Å². The van der Waals surface area contributed by atoms with Gasteiger partial charge in [-0.25, -0.2) is 4.98 Å². The van der Waals surface area contributed by atoms with Gasteiger partial charge in [-0.05, 0) is 50.5 Å². The fraction of sp³-hybridized carbons (Fsp3) is 0.350. The first-order chi connectivity index (χ1) is 12.0. The first kappa shape index (κ1) is 17.1. The summed E-state index contributed by atoms with van der Waals surface area (Å²) >= 11 is 0. The zero-order valence-electron chi connectivity index (χ0n) is 15.2. The highest BCUT2D eigenvalue weighted by Crippen LogP contribution is 2.22. The summed E-state index contributed by atoms with van der Waals surface area (Å²) in [5.74, 6) is 0.697. The van der Waals surface area contributed by atoms with Crippen molar-refractivity contribution in [3.05, 3.63) is 58.8 Å². The molecule has 1 unspecified atom stereocenters. The molecule has 0 radical (unpaired) electrons.